The molecule has 0 saturated heterocycles. The Morgan fingerprint density at radius 1 is 1.00 bits per heavy atom. The van der Waals surface area contributed by atoms with E-state index in [0.29, 0.717) is 0 Å². The SMILES string of the molecule is Cc1c(Cc2ccccc2)ccc2c1COC2. The normalized spacial score (nSPS) is 13.7. The number of benzene rings is 2. The Kier molecular flexibility index (Phi) is 2.69. The van der Waals surface area contributed by atoms with Gasteiger partial charge in [0.05, 0.1) is 13.2 Å². The molecule has 0 saturated carbocycles. The maximum Gasteiger partial charge on any atom is 0.0727 e. The van der Waals surface area contributed by atoms with Gasteiger partial charge in [0, 0.05) is 0 Å². The van der Waals surface area contributed by atoms with Gasteiger partial charge in [-0.3, -0.25) is 0 Å². The van der Waals surface area contributed by atoms with Crippen molar-refractivity contribution in [2.24, 2.45) is 0 Å². The zero-order valence-electron chi connectivity index (χ0n) is 10.1. The molecule has 0 N–H and O–H groups in total. The number of ether oxygens (including phenoxy) is 1. The molecule has 2 aromatic carbocycles. The third kappa shape index (κ3) is 1.98. The van der Waals surface area contributed by atoms with Crippen LogP contribution in [-0.4, -0.2) is 0 Å². The largest absolute Gasteiger partial charge is 0.372 e. The van der Waals surface area contributed by atoms with Crippen LogP contribution >= 0.6 is 0 Å². The number of fused-ring (bicyclic) bond motifs is 1. The van der Waals surface area contributed by atoms with Crippen LogP contribution in [0.3, 0.4) is 0 Å². The summed E-state index contributed by atoms with van der Waals surface area (Å²) in [5.74, 6) is 0. The topological polar surface area (TPSA) is 9.23 Å². The monoisotopic (exact) mass is 224 g/mol. The molecule has 1 aliphatic heterocycles. The summed E-state index contributed by atoms with van der Waals surface area (Å²) < 4.78 is 5.50. The molecule has 0 atom stereocenters. The van der Waals surface area contributed by atoms with Gasteiger partial charge in [-0.15, -0.1) is 0 Å². The van der Waals surface area contributed by atoms with Gasteiger partial charge in [0.2, 0.25) is 0 Å². The summed E-state index contributed by atoms with van der Waals surface area (Å²) in [4.78, 5) is 0. The Morgan fingerprint density at radius 2 is 1.82 bits per heavy atom. The first kappa shape index (κ1) is 10.5. The first-order valence-electron chi connectivity index (χ1n) is 6.06. The van der Waals surface area contributed by atoms with Crippen molar-refractivity contribution in [1.82, 2.24) is 0 Å². The summed E-state index contributed by atoms with van der Waals surface area (Å²) in [5.41, 5.74) is 6.96. The zero-order chi connectivity index (χ0) is 11.7. The Bertz CT molecular complexity index is 529. The first-order chi connectivity index (χ1) is 8.34. The molecule has 1 aliphatic rings. The van der Waals surface area contributed by atoms with E-state index in [0.717, 1.165) is 19.6 Å². The quantitative estimate of drug-likeness (QED) is 0.757. The van der Waals surface area contributed by atoms with Crippen molar-refractivity contribution >= 4 is 0 Å². The molecule has 1 heterocycles. The fourth-order valence-electron chi connectivity index (χ4n) is 2.47. The van der Waals surface area contributed by atoms with Crippen LogP contribution in [0.15, 0.2) is 42.5 Å². The van der Waals surface area contributed by atoms with E-state index in [2.05, 4.69) is 49.4 Å². The third-order valence-corrected chi connectivity index (χ3v) is 3.55. The maximum absolute atomic E-state index is 5.50. The molecule has 0 radical (unpaired) electrons. The average Bonchev–Trinajstić information content (AvgIpc) is 2.83. The van der Waals surface area contributed by atoms with Gasteiger partial charge in [0.1, 0.15) is 0 Å². The van der Waals surface area contributed by atoms with Gasteiger partial charge in [0.15, 0.2) is 0 Å². The second-order valence-electron chi connectivity index (χ2n) is 4.64. The first-order valence-corrected chi connectivity index (χ1v) is 6.06. The third-order valence-electron chi connectivity index (χ3n) is 3.55. The Morgan fingerprint density at radius 3 is 2.65 bits per heavy atom. The van der Waals surface area contributed by atoms with E-state index in [1.165, 1.54) is 27.8 Å². The van der Waals surface area contributed by atoms with Crippen LogP contribution in [0.25, 0.3) is 0 Å². The Hall–Kier alpha value is -1.60. The maximum atomic E-state index is 5.50. The minimum Gasteiger partial charge on any atom is -0.372 e. The molecule has 0 unspecified atom stereocenters. The standard InChI is InChI=1S/C16H16O/c1-12-14(9-13-5-3-2-4-6-13)7-8-15-10-17-11-16(12)15/h2-8H,9-11H2,1H3. The van der Waals surface area contributed by atoms with Gasteiger partial charge in [0.25, 0.3) is 0 Å². The van der Waals surface area contributed by atoms with E-state index < -0.39 is 0 Å². The molecule has 0 amide bonds. The van der Waals surface area contributed by atoms with Crippen molar-refractivity contribution in [3.8, 4) is 0 Å². The lowest BCUT2D eigenvalue weighted by atomic mass is 9.94. The van der Waals surface area contributed by atoms with E-state index in [-0.39, 0.29) is 0 Å². The molecule has 0 fully saturated rings. The van der Waals surface area contributed by atoms with E-state index in [1.807, 2.05) is 0 Å². The van der Waals surface area contributed by atoms with Crippen LogP contribution in [0, 0.1) is 6.92 Å². The van der Waals surface area contributed by atoms with Crippen LogP contribution in [0.2, 0.25) is 0 Å². The lowest BCUT2D eigenvalue weighted by molar-refractivity contribution is 0.134. The predicted octanol–water partition coefficient (Wildman–Crippen LogP) is 3.62. The molecule has 17 heavy (non-hydrogen) atoms. The van der Waals surface area contributed by atoms with Crippen LogP contribution in [0.1, 0.15) is 27.8 Å². The summed E-state index contributed by atoms with van der Waals surface area (Å²) in [6.45, 7) is 3.78. The molecule has 0 bridgehead atoms. The van der Waals surface area contributed by atoms with Gasteiger partial charge in [-0.2, -0.15) is 0 Å². The molecule has 86 valence electrons. The predicted molar refractivity (Wildman–Crippen MR) is 68.9 cm³/mol. The lowest BCUT2D eigenvalue weighted by Gasteiger charge is -2.10. The Balaban J connectivity index is 1.94. The lowest BCUT2D eigenvalue weighted by Crippen LogP contribution is -1.96. The molecule has 0 spiro atoms. The Labute approximate surface area is 102 Å². The van der Waals surface area contributed by atoms with Crippen molar-refractivity contribution < 1.29 is 4.74 Å². The smallest absolute Gasteiger partial charge is 0.0727 e. The van der Waals surface area contributed by atoms with Crippen molar-refractivity contribution in [1.29, 1.82) is 0 Å². The molecular weight excluding hydrogens is 208 g/mol. The summed E-state index contributed by atoms with van der Waals surface area (Å²) in [6.07, 6.45) is 1.01. The number of rotatable bonds is 2. The minimum atomic E-state index is 0.780. The van der Waals surface area contributed by atoms with E-state index >= 15 is 0 Å². The zero-order valence-corrected chi connectivity index (χ0v) is 10.1. The van der Waals surface area contributed by atoms with Crippen LogP contribution in [0.4, 0.5) is 0 Å². The molecule has 2 aromatic rings. The highest BCUT2D eigenvalue weighted by Crippen LogP contribution is 2.26. The van der Waals surface area contributed by atoms with Crippen molar-refractivity contribution in [3.05, 3.63) is 70.3 Å². The summed E-state index contributed by atoms with van der Waals surface area (Å²) in [7, 11) is 0. The van der Waals surface area contributed by atoms with Gasteiger partial charge < -0.3 is 4.74 Å². The molecular formula is C16H16O. The van der Waals surface area contributed by atoms with Crippen LogP contribution in [-0.2, 0) is 24.4 Å². The van der Waals surface area contributed by atoms with Gasteiger partial charge in [-0.05, 0) is 41.2 Å². The van der Waals surface area contributed by atoms with Gasteiger partial charge >= 0.3 is 0 Å². The molecule has 1 nitrogen and oxygen atoms in total. The highest BCUT2D eigenvalue weighted by atomic mass is 16.5. The van der Waals surface area contributed by atoms with E-state index in [4.69, 9.17) is 4.74 Å². The second kappa shape index (κ2) is 4.34. The van der Waals surface area contributed by atoms with Crippen molar-refractivity contribution in [2.75, 3.05) is 0 Å². The van der Waals surface area contributed by atoms with Crippen LogP contribution < -0.4 is 0 Å². The van der Waals surface area contributed by atoms with Crippen LogP contribution in [0.5, 0.6) is 0 Å². The number of hydrogen-bond acceptors (Lipinski definition) is 1. The van der Waals surface area contributed by atoms with E-state index in [1.54, 1.807) is 0 Å². The molecule has 3 rings (SSSR count). The molecule has 0 aromatic heterocycles. The summed E-state index contributed by atoms with van der Waals surface area (Å²) in [5, 5.41) is 0. The summed E-state index contributed by atoms with van der Waals surface area (Å²) >= 11 is 0. The summed E-state index contributed by atoms with van der Waals surface area (Å²) in [6, 6.07) is 15.1. The van der Waals surface area contributed by atoms with Crippen molar-refractivity contribution in [3.63, 3.8) is 0 Å². The average molecular weight is 224 g/mol. The van der Waals surface area contributed by atoms with Gasteiger partial charge in [-0.25, -0.2) is 0 Å². The number of hydrogen-bond donors (Lipinski definition) is 0. The molecule has 0 aliphatic carbocycles. The molecule has 1 heteroatoms. The fourth-order valence-corrected chi connectivity index (χ4v) is 2.47. The highest BCUT2D eigenvalue weighted by molar-refractivity contribution is 5.43. The van der Waals surface area contributed by atoms with E-state index in [9.17, 15) is 0 Å². The highest BCUT2D eigenvalue weighted by Gasteiger charge is 2.15. The fraction of sp³-hybridized carbons (Fsp3) is 0.250. The van der Waals surface area contributed by atoms with Gasteiger partial charge in [-0.1, -0.05) is 42.5 Å². The second-order valence-corrected chi connectivity index (χ2v) is 4.64. The minimum absolute atomic E-state index is 0.780. The van der Waals surface area contributed by atoms with Crippen molar-refractivity contribution in [2.45, 2.75) is 26.6 Å².